The highest BCUT2D eigenvalue weighted by Crippen LogP contribution is 2.38. The van der Waals surface area contributed by atoms with Crippen molar-refractivity contribution in [3.8, 4) is 0 Å². The van der Waals surface area contributed by atoms with E-state index in [1.165, 1.54) is 19.3 Å². The molecule has 1 heterocycles. The summed E-state index contributed by atoms with van der Waals surface area (Å²) in [4.78, 5) is 4.41. The Morgan fingerprint density at radius 2 is 2.31 bits per heavy atom. The minimum atomic E-state index is 0.421. The SMILES string of the molecule is CCCC(C)c1nc(C2CC2)no1. The molecule has 0 amide bonds. The first-order chi connectivity index (χ1) is 6.31. The van der Waals surface area contributed by atoms with E-state index in [2.05, 4.69) is 24.0 Å². The Bertz CT molecular complexity index is 278. The van der Waals surface area contributed by atoms with E-state index in [4.69, 9.17) is 4.52 Å². The van der Waals surface area contributed by atoms with Gasteiger partial charge in [0.15, 0.2) is 5.82 Å². The molecule has 0 aromatic carbocycles. The molecule has 1 atom stereocenters. The molecule has 3 nitrogen and oxygen atoms in total. The van der Waals surface area contributed by atoms with Crippen LogP contribution in [-0.4, -0.2) is 10.1 Å². The number of nitrogens with zero attached hydrogens (tertiary/aromatic N) is 2. The largest absolute Gasteiger partial charge is 0.339 e. The molecular weight excluding hydrogens is 164 g/mol. The Balaban J connectivity index is 2.03. The van der Waals surface area contributed by atoms with Crippen molar-refractivity contribution in [3.05, 3.63) is 11.7 Å². The van der Waals surface area contributed by atoms with Gasteiger partial charge in [0.25, 0.3) is 0 Å². The molecule has 1 aliphatic rings. The van der Waals surface area contributed by atoms with E-state index < -0.39 is 0 Å². The molecule has 0 bridgehead atoms. The molecule has 13 heavy (non-hydrogen) atoms. The molecule has 0 spiro atoms. The highest BCUT2D eigenvalue weighted by Gasteiger charge is 2.29. The minimum absolute atomic E-state index is 0.421. The second-order valence-corrected chi connectivity index (χ2v) is 3.95. The summed E-state index contributed by atoms with van der Waals surface area (Å²) in [5.74, 6) is 2.78. The lowest BCUT2D eigenvalue weighted by atomic mass is 10.1. The summed E-state index contributed by atoms with van der Waals surface area (Å²) in [6.07, 6.45) is 4.77. The van der Waals surface area contributed by atoms with Crippen LogP contribution in [0.1, 0.15) is 63.1 Å². The molecule has 1 aromatic rings. The second kappa shape index (κ2) is 3.48. The normalized spacial score (nSPS) is 18.9. The molecule has 1 unspecified atom stereocenters. The maximum Gasteiger partial charge on any atom is 0.229 e. The monoisotopic (exact) mass is 180 g/mol. The summed E-state index contributed by atoms with van der Waals surface area (Å²) < 4.78 is 5.22. The molecule has 0 aliphatic heterocycles. The third-order valence-electron chi connectivity index (χ3n) is 2.54. The van der Waals surface area contributed by atoms with E-state index in [-0.39, 0.29) is 0 Å². The zero-order chi connectivity index (χ0) is 9.26. The van der Waals surface area contributed by atoms with Crippen LogP contribution in [0.3, 0.4) is 0 Å². The molecule has 1 aliphatic carbocycles. The Morgan fingerprint density at radius 1 is 1.54 bits per heavy atom. The van der Waals surface area contributed by atoms with Crippen LogP contribution < -0.4 is 0 Å². The standard InChI is InChI=1S/C10H16N2O/c1-3-4-7(2)10-11-9(12-13-10)8-5-6-8/h7-8H,3-6H2,1-2H3. The van der Waals surface area contributed by atoms with Crippen molar-refractivity contribution in [2.24, 2.45) is 0 Å². The number of rotatable bonds is 4. The van der Waals surface area contributed by atoms with Gasteiger partial charge in [0.1, 0.15) is 0 Å². The Labute approximate surface area is 78.5 Å². The van der Waals surface area contributed by atoms with Crippen LogP contribution in [0, 0.1) is 0 Å². The van der Waals surface area contributed by atoms with Crippen LogP contribution in [0.4, 0.5) is 0 Å². The quantitative estimate of drug-likeness (QED) is 0.715. The van der Waals surface area contributed by atoms with Crippen LogP contribution in [0.15, 0.2) is 4.52 Å². The van der Waals surface area contributed by atoms with Gasteiger partial charge in [-0.05, 0) is 19.3 Å². The molecule has 1 saturated carbocycles. The number of hydrogen-bond acceptors (Lipinski definition) is 3. The molecular formula is C10H16N2O. The third-order valence-corrected chi connectivity index (χ3v) is 2.54. The first-order valence-corrected chi connectivity index (χ1v) is 5.14. The van der Waals surface area contributed by atoms with Crippen molar-refractivity contribution < 1.29 is 4.52 Å². The fraction of sp³-hybridized carbons (Fsp3) is 0.800. The summed E-state index contributed by atoms with van der Waals surface area (Å²) in [7, 11) is 0. The van der Waals surface area contributed by atoms with Crippen LogP contribution in [0.5, 0.6) is 0 Å². The smallest absolute Gasteiger partial charge is 0.229 e. The van der Waals surface area contributed by atoms with Crippen molar-refractivity contribution in [2.45, 2.75) is 51.4 Å². The first-order valence-electron chi connectivity index (χ1n) is 5.14. The zero-order valence-electron chi connectivity index (χ0n) is 8.29. The lowest BCUT2D eigenvalue weighted by Gasteiger charge is -2.01. The zero-order valence-corrected chi connectivity index (χ0v) is 8.29. The van der Waals surface area contributed by atoms with Gasteiger partial charge in [0.2, 0.25) is 5.89 Å². The van der Waals surface area contributed by atoms with Gasteiger partial charge in [-0.15, -0.1) is 0 Å². The van der Waals surface area contributed by atoms with Gasteiger partial charge < -0.3 is 4.52 Å². The van der Waals surface area contributed by atoms with Gasteiger partial charge in [0.05, 0.1) is 0 Å². The summed E-state index contributed by atoms with van der Waals surface area (Å²) in [6.45, 7) is 4.32. The van der Waals surface area contributed by atoms with Gasteiger partial charge in [-0.1, -0.05) is 25.4 Å². The lowest BCUT2D eigenvalue weighted by molar-refractivity contribution is 0.349. The number of aromatic nitrogens is 2. The predicted octanol–water partition coefficient (Wildman–Crippen LogP) is 2.85. The second-order valence-electron chi connectivity index (χ2n) is 3.95. The van der Waals surface area contributed by atoms with E-state index in [1.54, 1.807) is 0 Å². The van der Waals surface area contributed by atoms with E-state index in [1.807, 2.05) is 0 Å². The van der Waals surface area contributed by atoms with Crippen LogP contribution >= 0.6 is 0 Å². The highest BCUT2D eigenvalue weighted by molar-refractivity contribution is 5.04. The molecule has 1 fully saturated rings. The van der Waals surface area contributed by atoms with Crippen molar-refractivity contribution in [1.82, 2.24) is 10.1 Å². The molecule has 0 radical (unpaired) electrons. The highest BCUT2D eigenvalue weighted by atomic mass is 16.5. The van der Waals surface area contributed by atoms with Gasteiger partial charge in [-0.3, -0.25) is 0 Å². The van der Waals surface area contributed by atoms with E-state index in [0.717, 1.165) is 18.1 Å². The Morgan fingerprint density at radius 3 is 2.92 bits per heavy atom. The van der Waals surface area contributed by atoms with Gasteiger partial charge in [-0.2, -0.15) is 4.98 Å². The molecule has 2 rings (SSSR count). The number of hydrogen-bond donors (Lipinski definition) is 0. The summed E-state index contributed by atoms with van der Waals surface area (Å²) >= 11 is 0. The maximum atomic E-state index is 5.22. The molecule has 3 heteroatoms. The van der Waals surface area contributed by atoms with Crippen molar-refractivity contribution in [1.29, 1.82) is 0 Å². The molecule has 0 saturated heterocycles. The van der Waals surface area contributed by atoms with Gasteiger partial charge in [0, 0.05) is 11.8 Å². The van der Waals surface area contributed by atoms with Crippen LogP contribution in [-0.2, 0) is 0 Å². The Hall–Kier alpha value is -0.860. The summed E-state index contributed by atoms with van der Waals surface area (Å²) in [5.41, 5.74) is 0. The average molecular weight is 180 g/mol. The maximum absolute atomic E-state index is 5.22. The molecule has 1 aromatic heterocycles. The van der Waals surface area contributed by atoms with E-state index in [0.29, 0.717) is 11.8 Å². The van der Waals surface area contributed by atoms with Crippen LogP contribution in [0.2, 0.25) is 0 Å². The molecule has 0 N–H and O–H groups in total. The van der Waals surface area contributed by atoms with Crippen LogP contribution in [0.25, 0.3) is 0 Å². The van der Waals surface area contributed by atoms with E-state index >= 15 is 0 Å². The first kappa shape index (κ1) is 8.73. The van der Waals surface area contributed by atoms with Crippen molar-refractivity contribution >= 4 is 0 Å². The van der Waals surface area contributed by atoms with Gasteiger partial charge >= 0.3 is 0 Å². The average Bonchev–Trinajstić information content (AvgIpc) is 2.84. The molecule has 72 valence electrons. The lowest BCUT2D eigenvalue weighted by Crippen LogP contribution is -1.93. The topological polar surface area (TPSA) is 38.9 Å². The minimum Gasteiger partial charge on any atom is -0.339 e. The van der Waals surface area contributed by atoms with E-state index in [9.17, 15) is 0 Å². The fourth-order valence-corrected chi connectivity index (χ4v) is 1.51. The summed E-state index contributed by atoms with van der Waals surface area (Å²) in [6, 6.07) is 0. The third kappa shape index (κ3) is 1.90. The fourth-order valence-electron chi connectivity index (χ4n) is 1.51. The van der Waals surface area contributed by atoms with Crippen molar-refractivity contribution in [2.75, 3.05) is 0 Å². The van der Waals surface area contributed by atoms with Gasteiger partial charge in [-0.25, -0.2) is 0 Å². The summed E-state index contributed by atoms with van der Waals surface area (Å²) in [5, 5.41) is 4.00. The Kier molecular flexibility index (Phi) is 2.34. The predicted molar refractivity (Wildman–Crippen MR) is 49.6 cm³/mol. The van der Waals surface area contributed by atoms with Crippen molar-refractivity contribution in [3.63, 3.8) is 0 Å².